The van der Waals surface area contributed by atoms with Gasteiger partial charge in [0.25, 0.3) is 0 Å². The molecule has 0 bridgehead atoms. The van der Waals surface area contributed by atoms with Crippen molar-refractivity contribution in [3.8, 4) is 0 Å². The predicted molar refractivity (Wildman–Crippen MR) is 102 cm³/mol. The van der Waals surface area contributed by atoms with Crippen molar-refractivity contribution in [2.75, 3.05) is 4.90 Å². The Morgan fingerprint density at radius 1 is 1.04 bits per heavy atom. The zero-order valence-corrected chi connectivity index (χ0v) is 15.1. The Morgan fingerprint density at radius 2 is 1.72 bits per heavy atom. The first kappa shape index (κ1) is 17.2. The topological polar surface area (TPSA) is 42.3 Å². The first-order valence-electron chi connectivity index (χ1n) is 8.10. The number of hydrogen-bond acceptors (Lipinski definition) is 3. The lowest BCUT2D eigenvalue weighted by molar-refractivity contribution is -0.119. The molecular weight excluding hydrogens is 332 g/mol. The molecule has 3 rings (SSSR count). The fourth-order valence-electron chi connectivity index (χ4n) is 2.63. The second kappa shape index (κ2) is 7.49. The minimum Gasteiger partial charge on any atom is -0.306 e. The number of aromatic nitrogens is 1. The predicted octanol–water partition coefficient (Wildman–Crippen LogP) is 3.76. The van der Waals surface area contributed by atoms with Crippen molar-refractivity contribution in [3.05, 3.63) is 86.5 Å². The van der Waals surface area contributed by atoms with Crippen molar-refractivity contribution < 1.29 is 4.79 Å². The maximum Gasteiger partial charge on any atom is 0.307 e. The number of hydrogen-bond donors (Lipinski definition) is 0. The molecule has 0 aliphatic rings. The minimum absolute atomic E-state index is 0.0505. The van der Waals surface area contributed by atoms with Gasteiger partial charge in [-0.2, -0.15) is 0 Å². The third-order valence-corrected chi connectivity index (χ3v) is 4.98. The van der Waals surface area contributed by atoms with Gasteiger partial charge in [-0.15, -0.1) is 0 Å². The SMILES string of the molecule is Cc1ccc(N(Cc2ccccc2)C(=O)Cn2c(C)csc2=O)cc1. The van der Waals surface area contributed by atoms with E-state index in [1.165, 1.54) is 4.57 Å². The van der Waals surface area contributed by atoms with Gasteiger partial charge in [0.05, 0.1) is 6.54 Å². The number of thiazole rings is 1. The van der Waals surface area contributed by atoms with Crippen molar-refractivity contribution in [1.29, 1.82) is 0 Å². The highest BCUT2D eigenvalue weighted by Gasteiger charge is 2.18. The van der Waals surface area contributed by atoms with Crippen molar-refractivity contribution in [1.82, 2.24) is 4.57 Å². The monoisotopic (exact) mass is 352 g/mol. The summed E-state index contributed by atoms with van der Waals surface area (Å²) in [6.07, 6.45) is 0. The number of aryl methyl sites for hydroxylation is 2. The summed E-state index contributed by atoms with van der Waals surface area (Å²) in [4.78, 5) is 26.6. The van der Waals surface area contributed by atoms with E-state index in [0.717, 1.165) is 33.8 Å². The summed E-state index contributed by atoms with van der Waals surface area (Å²) >= 11 is 1.12. The van der Waals surface area contributed by atoms with E-state index in [9.17, 15) is 9.59 Å². The Labute approximate surface area is 151 Å². The number of amides is 1. The first-order chi connectivity index (χ1) is 12.0. The third kappa shape index (κ3) is 4.06. The summed E-state index contributed by atoms with van der Waals surface area (Å²) in [5, 5.41) is 1.78. The van der Waals surface area contributed by atoms with Gasteiger partial charge in [0.15, 0.2) is 0 Å². The number of rotatable bonds is 5. The molecule has 0 N–H and O–H groups in total. The average molecular weight is 352 g/mol. The molecule has 0 saturated carbocycles. The van der Waals surface area contributed by atoms with Crippen LogP contribution in [0.15, 0.2) is 64.8 Å². The second-order valence-electron chi connectivity index (χ2n) is 6.03. The molecule has 1 amide bonds. The average Bonchev–Trinajstić information content (AvgIpc) is 2.93. The molecule has 1 aromatic heterocycles. The van der Waals surface area contributed by atoms with Gasteiger partial charge in [-0.1, -0.05) is 59.4 Å². The van der Waals surface area contributed by atoms with E-state index < -0.39 is 0 Å². The number of anilines is 1. The van der Waals surface area contributed by atoms with Crippen molar-refractivity contribution in [3.63, 3.8) is 0 Å². The van der Waals surface area contributed by atoms with Gasteiger partial charge in [0, 0.05) is 16.8 Å². The quantitative estimate of drug-likeness (QED) is 0.702. The molecule has 0 fully saturated rings. The Kier molecular flexibility index (Phi) is 5.14. The van der Waals surface area contributed by atoms with Gasteiger partial charge in [0.1, 0.15) is 6.54 Å². The summed E-state index contributed by atoms with van der Waals surface area (Å²) in [5.74, 6) is -0.101. The molecule has 25 heavy (non-hydrogen) atoms. The molecule has 1 heterocycles. The molecular formula is C20H20N2O2S. The van der Waals surface area contributed by atoms with E-state index in [1.807, 2.05) is 68.4 Å². The van der Waals surface area contributed by atoms with Crippen molar-refractivity contribution >= 4 is 22.9 Å². The van der Waals surface area contributed by atoms with Gasteiger partial charge in [-0.25, -0.2) is 0 Å². The van der Waals surface area contributed by atoms with Crippen LogP contribution in [0, 0.1) is 13.8 Å². The van der Waals surface area contributed by atoms with Gasteiger partial charge < -0.3 is 4.90 Å². The summed E-state index contributed by atoms with van der Waals surface area (Å²) in [6, 6.07) is 17.7. The van der Waals surface area contributed by atoms with Gasteiger partial charge in [-0.05, 0) is 31.5 Å². The van der Waals surface area contributed by atoms with Crippen LogP contribution in [0.4, 0.5) is 5.69 Å². The van der Waals surface area contributed by atoms with Crippen LogP contribution in [0.5, 0.6) is 0 Å². The number of nitrogens with zero attached hydrogens (tertiary/aromatic N) is 2. The molecule has 0 spiro atoms. The molecule has 4 nitrogen and oxygen atoms in total. The van der Waals surface area contributed by atoms with Gasteiger partial charge in [-0.3, -0.25) is 14.2 Å². The Hall–Kier alpha value is -2.66. The summed E-state index contributed by atoms with van der Waals surface area (Å²) in [7, 11) is 0. The van der Waals surface area contributed by atoms with E-state index in [-0.39, 0.29) is 17.3 Å². The van der Waals surface area contributed by atoms with Crippen LogP contribution in [-0.4, -0.2) is 10.5 Å². The van der Waals surface area contributed by atoms with Crippen molar-refractivity contribution in [2.45, 2.75) is 26.9 Å². The summed E-state index contributed by atoms with van der Waals surface area (Å²) < 4.78 is 1.53. The molecule has 128 valence electrons. The molecule has 5 heteroatoms. The normalized spacial score (nSPS) is 10.6. The van der Waals surface area contributed by atoms with E-state index in [4.69, 9.17) is 0 Å². The molecule has 0 saturated heterocycles. The molecule has 2 aromatic carbocycles. The van der Waals surface area contributed by atoms with Crippen molar-refractivity contribution in [2.24, 2.45) is 0 Å². The molecule has 0 atom stereocenters. The molecule has 0 aliphatic heterocycles. The molecule has 3 aromatic rings. The largest absolute Gasteiger partial charge is 0.307 e. The number of carbonyl (C=O) groups is 1. The van der Waals surface area contributed by atoms with E-state index in [2.05, 4.69) is 0 Å². The van der Waals surface area contributed by atoms with E-state index in [0.29, 0.717) is 6.54 Å². The number of carbonyl (C=O) groups excluding carboxylic acids is 1. The molecule has 0 aliphatic carbocycles. The highest BCUT2D eigenvalue weighted by Crippen LogP contribution is 2.19. The maximum absolute atomic E-state index is 13.0. The third-order valence-electron chi connectivity index (χ3n) is 4.10. The maximum atomic E-state index is 13.0. The highest BCUT2D eigenvalue weighted by atomic mass is 32.1. The molecule has 0 radical (unpaired) electrons. The lowest BCUT2D eigenvalue weighted by Gasteiger charge is -2.23. The second-order valence-corrected chi connectivity index (χ2v) is 6.85. The van der Waals surface area contributed by atoms with E-state index in [1.54, 1.807) is 10.3 Å². The Morgan fingerprint density at radius 3 is 2.32 bits per heavy atom. The minimum atomic E-state index is -0.102. The van der Waals surface area contributed by atoms with Crippen LogP contribution in [-0.2, 0) is 17.9 Å². The standard InChI is InChI=1S/C20H20N2O2S/c1-15-8-10-18(11-9-15)22(12-17-6-4-3-5-7-17)19(23)13-21-16(2)14-25-20(21)24/h3-11,14H,12-13H2,1-2H3. The van der Waals surface area contributed by atoms with Crippen LogP contribution < -0.4 is 9.77 Å². The Bertz CT molecular complexity index is 911. The van der Waals surface area contributed by atoms with Gasteiger partial charge in [0.2, 0.25) is 5.91 Å². The van der Waals surface area contributed by atoms with Gasteiger partial charge >= 0.3 is 4.87 Å². The fraction of sp³-hybridized carbons (Fsp3) is 0.200. The van der Waals surface area contributed by atoms with Crippen LogP contribution >= 0.6 is 11.3 Å². The zero-order valence-electron chi connectivity index (χ0n) is 14.3. The lowest BCUT2D eigenvalue weighted by Crippen LogP contribution is -2.35. The number of benzene rings is 2. The smallest absolute Gasteiger partial charge is 0.306 e. The zero-order chi connectivity index (χ0) is 17.8. The molecule has 0 unspecified atom stereocenters. The fourth-order valence-corrected chi connectivity index (χ4v) is 3.37. The summed E-state index contributed by atoms with van der Waals surface area (Å²) in [5.41, 5.74) is 3.83. The first-order valence-corrected chi connectivity index (χ1v) is 8.98. The van der Waals surface area contributed by atoms with Crippen LogP contribution in [0.25, 0.3) is 0 Å². The van der Waals surface area contributed by atoms with Crippen LogP contribution in [0.2, 0.25) is 0 Å². The highest BCUT2D eigenvalue weighted by molar-refractivity contribution is 7.07. The van der Waals surface area contributed by atoms with E-state index >= 15 is 0 Å². The van der Waals surface area contributed by atoms with Crippen LogP contribution in [0.3, 0.4) is 0 Å². The Balaban J connectivity index is 1.91. The van der Waals surface area contributed by atoms with Crippen LogP contribution in [0.1, 0.15) is 16.8 Å². The summed E-state index contributed by atoms with van der Waals surface area (Å²) in [6.45, 7) is 4.38. The lowest BCUT2D eigenvalue weighted by atomic mass is 10.1.